The number of benzene rings is 2. The lowest BCUT2D eigenvalue weighted by molar-refractivity contribution is -0.115. The van der Waals surface area contributed by atoms with Crippen molar-refractivity contribution in [2.24, 2.45) is 0 Å². The van der Waals surface area contributed by atoms with E-state index in [9.17, 15) is 9.18 Å². The van der Waals surface area contributed by atoms with Crippen molar-refractivity contribution in [3.63, 3.8) is 0 Å². The molecule has 0 saturated carbocycles. The molecule has 0 aliphatic carbocycles. The Morgan fingerprint density at radius 2 is 1.81 bits per heavy atom. The van der Waals surface area contributed by atoms with Crippen molar-refractivity contribution in [3.8, 4) is 11.5 Å². The second kappa shape index (κ2) is 10.4. The molecule has 0 radical (unpaired) electrons. The molecule has 0 saturated heterocycles. The highest BCUT2D eigenvalue weighted by molar-refractivity contribution is 5.95. The number of hydrogen-bond donors (Lipinski definition) is 2. The molecule has 0 aliphatic heterocycles. The number of carbonyl (C=O) groups is 1. The van der Waals surface area contributed by atoms with E-state index in [0.717, 1.165) is 11.3 Å². The Morgan fingerprint density at radius 3 is 2.41 bits per heavy atom. The first-order valence-electron chi connectivity index (χ1n) is 10.2. The number of pyridine rings is 1. The molecule has 3 rings (SSSR count). The normalized spacial score (nSPS) is 11.1. The maximum absolute atomic E-state index is 14.8. The number of aromatic nitrogens is 1. The summed E-state index contributed by atoms with van der Waals surface area (Å²) in [5.41, 5.74) is 3.30. The highest BCUT2D eigenvalue weighted by Gasteiger charge is 2.10. The molecule has 1 aromatic heterocycles. The van der Waals surface area contributed by atoms with Crippen LogP contribution in [0, 0.1) is 6.92 Å². The van der Waals surface area contributed by atoms with Crippen LogP contribution in [0.5, 0.6) is 11.5 Å². The zero-order chi connectivity index (χ0) is 23.1. The van der Waals surface area contributed by atoms with Gasteiger partial charge >= 0.3 is 0 Å². The van der Waals surface area contributed by atoms with Crippen molar-refractivity contribution < 1.29 is 18.7 Å². The van der Waals surface area contributed by atoms with E-state index >= 15 is 0 Å². The summed E-state index contributed by atoms with van der Waals surface area (Å²) in [5, 5.41) is 6.09. The molecule has 2 aromatic carbocycles. The van der Waals surface area contributed by atoms with E-state index in [1.165, 1.54) is 12.3 Å². The average Bonchev–Trinajstić information content (AvgIpc) is 2.81. The number of nitrogens with zero attached hydrogens (tertiary/aromatic N) is 1. The first-order valence-corrected chi connectivity index (χ1v) is 10.2. The van der Waals surface area contributed by atoms with E-state index in [1.807, 2.05) is 25.1 Å². The van der Waals surface area contributed by atoms with Crippen LogP contribution in [0.25, 0.3) is 11.9 Å². The molecule has 7 heteroatoms. The molecule has 0 atom stereocenters. The number of methoxy groups -OCH3 is 2. The van der Waals surface area contributed by atoms with Crippen molar-refractivity contribution >= 4 is 35.0 Å². The largest absolute Gasteiger partial charge is 0.497 e. The zero-order valence-corrected chi connectivity index (χ0v) is 18.5. The number of halogens is 1. The number of amides is 1. The molecule has 3 aromatic rings. The number of nitrogens with one attached hydrogen (secondary N) is 2. The van der Waals surface area contributed by atoms with Gasteiger partial charge in [0, 0.05) is 24.2 Å². The molecule has 32 heavy (non-hydrogen) atoms. The monoisotopic (exact) mass is 435 g/mol. The molecule has 0 spiro atoms. The van der Waals surface area contributed by atoms with Gasteiger partial charge in [0.25, 0.3) is 0 Å². The van der Waals surface area contributed by atoms with Crippen molar-refractivity contribution in [1.82, 2.24) is 4.98 Å². The Bertz CT molecular complexity index is 1110. The van der Waals surface area contributed by atoms with Gasteiger partial charge in [-0.3, -0.25) is 4.79 Å². The standard InChI is InChI=1S/C25H26FN3O3/c1-5-24(30)28-22-8-6-7-16(2)25(22)29-23-10-9-18(15-27-23)21(26)13-17-11-19(31-3)14-20(12-17)32-4/h6-15H,5H2,1-4H3,(H,27,29)(H,28,30)/b21-13-. The number of anilines is 3. The van der Waals surface area contributed by atoms with Crippen LogP contribution in [0.1, 0.15) is 30.0 Å². The number of hydrogen-bond acceptors (Lipinski definition) is 5. The summed E-state index contributed by atoms with van der Waals surface area (Å²) in [4.78, 5) is 16.2. The number of aryl methyl sites for hydroxylation is 1. The van der Waals surface area contributed by atoms with E-state index in [-0.39, 0.29) is 5.91 Å². The van der Waals surface area contributed by atoms with Crippen LogP contribution in [0.3, 0.4) is 0 Å². The number of para-hydroxylation sites is 1. The van der Waals surface area contributed by atoms with Gasteiger partial charge in [0.05, 0.1) is 25.6 Å². The van der Waals surface area contributed by atoms with Crippen molar-refractivity contribution in [1.29, 1.82) is 0 Å². The van der Waals surface area contributed by atoms with Crippen LogP contribution < -0.4 is 20.1 Å². The van der Waals surface area contributed by atoms with E-state index in [4.69, 9.17) is 9.47 Å². The topological polar surface area (TPSA) is 72.5 Å². The van der Waals surface area contributed by atoms with Crippen molar-refractivity contribution in [2.45, 2.75) is 20.3 Å². The van der Waals surface area contributed by atoms with E-state index in [2.05, 4.69) is 15.6 Å². The third-order valence-corrected chi connectivity index (χ3v) is 4.83. The fourth-order valence-electron chi connectivity index (χ4n) is 3.06. The number of carbonyl (C=O) groups excluding carboxylic acids is 1. The van der Waals surface area contributed by atoms with Gasteiger partial charge in [0.2, 0.25) is 5.91 Å². The van der Waals surface area contributed by atoms with Crippen molar-refractivity contribution in [2.75, 3.05) is 24.9 Å². The highest BCUT2D eigenvalue weighted by Crippen LogP contribution is 2.30. The molecular weight excluding hydrogens is 409 g/mol. The second-order valence-corrected chi connectivity index (χ2v) is 7.09. The van der Waals surface area contributed by atoms with Gasteiger partial charge in [0.15, 0.2) is 0 Å². The van der Waals surface area contributed by atoms with Gasteiger partial charge in [0.1, 0.15) is 23.1 Å². The Labute approximate surface area is 187 Å². The minimum atomic E-state index is -0.439. The van der Waals surface area contributed by atoms with Crippen LogP contribution >= 0.6 is 0 Å². The molecule has 1 heterocycles. The van der Waals surface area contributed by atoms with E-state index < -0.39 is 5.83 Å². The van der Waals surface area contributed by atoms with Gasteiger partial charge in [-0.2, -0.15) is 0 Å². The second-order valence-electron chi connectivity index (χ2n) is 7.09. The molecule has 0 bridgehead atoms. The van der Waals surface area contributed by atoms with E-state index in [1.54, 1.807) is 51.5 Å². The maximum Gasteiger partial charge on any atom is 0.224 e. The molecule has 1 amide bonds. The van der Waals surface area contributed by atoms with Crippen LogP contribution in [0.2, 0.25) is 0 Å². The quantitative estimate of drug-likeness (QED) is 0.456. The fourth-order valence-corrected chi connectivity index (χ4v) is 3.06. The van der Waals surface area contributed by atoms with Gasteiger partial charge in [-0.1, -0.05) is 19.1 Å². The zero-order valence-electron chi connectivity index (χ0n) is 18.5. The summed E-state index contributed by atoms with van der Waals surface area (Å²) in [5.74, 6) is 1.16. The molecule has 0 fully saturated rings. The predicted molar refractivity (Wildman–Crippen MR) is 126 cm³/mol. The summed E-state index contributed by atoms with van der Waals surface area (Å²) < 4.78 is 25.3. The average molecular weight is 435 g/mol. The number of ether oxygens (including phenoxy) is 2. The molecular formula is C25H26FN3O3. The third kappa shape index (κ3) is 5.63. The lowest BCUT2D eigenvalue weighted by Crippen LogP contribution is -2.11. The smallest absolute Gasteiger partial charge is 0.224 e. The molecule has 166 valence electrons. The Kier molecular flexibility index (Phi) is 7.44. The third-order valence-electron chi connectivity index (χ3n) is 4.83. The Balaban J connectivity index is 1.82. The number of rotatable bonds is 8. The minimum Gasteiger partial charge on any atom is -0.497 e. The van der Waals surface area contributed by atoms with Gasteiger partial charge in [-0.05, 0) is 54.5 Å². The predicted octanol–water partition coefficient (Wildman–Crippen LogP) is 5.97. The Morgan fingerprint density at radius 1 is 1.09 bits per heavy atom. The van der Waals surface area contributed by atoms with Crippen LogP contribution in [-0.2, 0) is 4.79 Å². The summed E-state index contributed by atoms with van der Waals surface area (Å²) in [6.07, 6.45) is 3.23. The molecule has 0 unspecified atom stereocenters. The maximum atomic E-state index is 14.8. The fraction of sp³-hybridized carbons (Fsp3) is 0.200. The molecule has 2 N–H and O–H groups in total. The van der Waals surface area contributed by atoms with Gasteiger partial charge in [-0.15, -0.1) is 0 Å². The molecule has 6 nitrogen and oxygen atoms in total. The Hall–Kier alpha value is -3.87. The summed E-state index contributed by atoms with van der Waals surface area (Å²) in [6.45, 7) is 3.73. The summed E-state index contributed by atoms with van der Waals surface area (Å²) >= 11 is 0. The highest BCUT2D eigenvalue weighted by atomic mass is 19.1. The molecule has 0 aliphatic rings. The SMILES string of the molecule is CCC(=O)Nc1cccc(C)c1Nc1ccc(/C(F)=C/c2cc(OC)cc(OC)c2)cn1. The first kappa shape index (κ1) is 22.8. The summed E-state index contributed by atoms with van der Waals surface area (Å²) in [6, 6.07) is 14.1. The minimum absolute atomic E-state index is 0.0802. The summed E-state index contributed by atoms with van der Waals surface area (Å²) in [7, 11) is 3.09. The first-order chi connectivity index (χ1) is 15.4. The van der Waals surface area contributed by atoms with Crippen LogP contribution in [-0.4, -0.2) is 25.1 Å². The van der Waals surface area contributed by atoms with Gasteiger partial charge < -0.3 is 20.1 Å². The lowest BCUT2D eigenvalue weighted by atomic mass is 10.1. The van der Waals surface area contributed by atoms with Crippen LogP contribution in [0.4, 0.5) is 21.6 Å². The lowest BCUT2D eigenvalue weighted by Gasteiger charge is -2.15. The van der Waals surface area contributed by atoms with Crippen LogP contribution in [0.15, 0.2) is 54.7 Å². The van der Waals surface area contributed by atoms with Gasteiger partial charge in [-0.25, -0.2) is 9.37 Å². The van der Waals surface area contributed by atoms with Crippen molar-refractivity contribution in [3.05, 3.63) is 71.4 Å². The van der Waals surface area contributed by atoms with E-state index in [0.29, 0.717) is 40.6 Å².